The van der Waals surface area contributed by atoms with E-state index in [0.717, 1.165) is 25.9 Å². The van der Waals surface area contributed by atoms with Crippen molar-refractivity contribution in [2.24, 2.45) is 5.92 Å². The Hall–Kier alpha value is -1.35. The Morgan fingerprint density at radius 1 is 1.41 bits per heavy atom. The summed E-state index contributed by atoms with van der Waals surface area (Å²) in [7, 11) is 0. The molecule has 0 amide bonds. The second-order valence-electron chi connectivity index (χ2n) is 4.78. The lowest BCUT2D eigenvalue weighted by Crippen LogP contribution is -2.45. The van der Waals surface area contributed by atoms with Crippen molar-refractivity contribution in [2.75, 3.05) is 6.54 Å². The van der Waals surface area contributed by atoms with Crippen LogP contribution in [0, 0.1) is 5.92 Å². The predicted octanol–water partition coefficient (Wildman–Crippen LogP) is 2.37. The molecule has 0 saturated carbocycles. The maximum Gasteiger partial charge on any atom is 0.308 e. The van der Waals surface area contributed by atoms with Crippen molar-refractivity contribution in [1.29, 1.82) is 0 Å². The molecule has 1 aromatic carbocycles. The van der Waals surface area contributed by atoms with Gasteiger partial charge in [0, 0.05) is 12.6 Å². The van der Waals surface area contributed by atoms with E-state index in [1.54, 1.807) is 0 Å². The van der Waals surface area contributed by atoms with Crippen LogP contribution in [-0.2, 0) is 11.3 Å². The zero-order valence-corrected chi connectivity index (χ0v) is 10.2. The minimum absolute atomic E-state index is 0.126. The third kappa shape index (κ3) is 2.86. The minimum Gasteiger partial charge on any atom is -0.481 e. The number of nitrogens with zero attached hydrogens (tertiary/aromatic N) is 1. The average molecular weight is 233 g/mol. The van der Waals surface area contributed by atoms with Crippen molar-refractivity contribution in [3.05, 3.63) is 35.9 Å². The van der Waals surface area contributed by atoms with Gasteiger partial charge in [0.25, 0.3) is 0 Å². The highest BCUT2D eigenvalue weighted by atomic mass is 16.4. The summed E-state index contributed by atoms with van der Waals surface area (Å²) in [6.45, 7) is 3.88. The highest BCUT2D eigenvalue weighted by Crippen LogP contribution is 2.25. The minimum atomic E-state index is -0.657. The van der Waals surface area contributed by atoms with E-state index in [-0.39, 0.29) is 12.0 Å². The van der Waals surface area contributed by atoms with Gasteiger partial charge in [0.2, 0.25) is 0 Å². The Bertz CT molecular complexity index is 377. The summed E-state index contributed by atoms with van der Waals surface area (Å²) in [4.78, 5) is 13.4. The number of rotatable bonds is 3. The Kier molecular flexibility index (Phi) is 3.79. The Labute approximate surface area is 102 Å². The van der Waals surface area contributed by atoms with Gasteiger partial charge < -0.3 is 5.11 Å². The molecule has 1 aromatic rings. The number of hydrogen-bond donors (Lipinski definition) is 1. The van der Waals surface area contributed by atoms with Crippen molar-refractivity contribution >= 4 is 5.97 Å². The molecular weight excluding hydrogens is 214 g/mol. The lowest BCUT2D eigenvalue weighted by Gasteiger charge is -2.37. The first-order valence-electron chi connectivity index (χ1n) is 6.19. The van der Waals surface area contributed by atoms with E-state index >= 15 is 0 Å². The molecule has 0 aliphatic carbocycles. The number of carboxylic acids is 1. The molecule has 0 spiro atoms. The van der Waals surface area contributed by atoms with E-state index in [1.165, 1.54) is 5.56 Å². The van der Waals surface area contributed by atoms with Crippen LogP contribution in [0.2, 0.25) is 0 Å². The van der Waals surface area contributed by atoms with Gasteiger partial charge in [-0.15, -0.1) is 0 Å². The summed E-state index contributed by atoms with van der Waals surface area (Å²) in [5.74, 6) is -0.872. The third-order valence-electron chi connectivity index (χ3n) is 3.66. The summed E-state index contributed by atoms with van der Waals surface area (Å²) in [5.41, 5.74) is 1.25. The van der Waals surface area contributed by atoms with E-state index in [4.69, 9.17) is 5.11 Å². The lowest BCUT2D eigenvalue weighted by atomic mass is 9.90. The molecule has 0 bridgehead atoms. The predicted molar refractivity (Wildman–Crippen MR) is 66.7 cm³/mol. The number of benzene rings is 1. The molecule has 1 N–H and O–H groups in total. The van der Waals surface area contributed by atoms with E-state index in [1.807, 2.05) is 25.1 Å². The first-order valence-corrected chi connectivity index (χ1v) is 6.19. The van der Waals surface area contributed by atoms with Crippen molar-refractivity contribution in [2.45, 2.75) is 32.4 Å². The van der Waals surface area contributed by atoms with Gasteiger partial charge in [0.05, 0.1) is 5.92 Å². The molecule has 1 aliphatic heterocycles. The smallest absolute Gasteiger partial charge is 0.308 e. The number of aliphatic carboxylic acids is 1. The monoisotopic (exact) mass is 233 g/mol. The molecule has 0 aromatic heterocycles. The van der Waals surface area contributed by atoms with E-state index < -0.39 is 5.97 Å². The largest absolute Gasteiger partial charge is 0.481 e. The second-order valence-corrected chi connectivity index (χ2v) is 4.78. The van der Waals surface area contributed by atoms with Gasteiger partial charge >= 0.3 is 5.97 Å². The molecule has 3 heteroatoms. The SMILES string of the molecule is CC1C(C(=O)O)CCCN1Cc1ccccc1. The summed E-state index contributed by atoms with van der Waals surface area (Å²) in [6.07, 6.45) is 1.79. The highest BCUT2D eigenvalue weighted by molar-refractivity contribution is 5.70. The fourth-order valence-corrected chi connectivity index (χ4v) is 2.58. The Balaban J connectivity index is 2.03. The van der Waals surface area contributed by atoms with Crippen LogP contribution in [0.15, 0.2) is 30.3 Å². The van der Waals surface area contributed by atoms with Crippen LogP contribution in [0.25, 0.3) is 0 Å². The van der Waals surface area contributed by atoms with E-state index in [0.29, 0.717) is 0 Å². The quantitative estimate of drug-likeness (QED) is 0.871. The van der Waals surface area contributed by atoms with Crippen LogP contribution in [0.1, 0.15) is 25.3 Å². The van der Waals surface area contributed by atoms with Crippen LogP contribution in [0.3, 0.4) is 0 Å². The number of hydrogen-bond acceptors (Lipinski definition) is 2. The van der Waals surface area contributed by atoms with E-state index in [9.17, 15) is 4.79 Å². The number of carbonyl (C=O) groups is 1. The van der Waals surface area contributed by atoms with Crippen molar-refractivity contribution in [3.8, 4) is 0 Å². The van der Waals surface area contributed by atoms with Crippen molar-refractivity contribution in [3.63, 3.8) is 0 Å². The summed E-state index contributed by atoms with van der Waals surface area (Å²) >= 11 is 0. The zero-order valence-electron chi connectivity index (χ0n) is 10.2. The Morgan fingerprint density at radius 3 is 2.76 bits per heavy atom. The van der Waals surface area contributed by atoms with Gasteiger partial charge in [-0.3, -0.25) is 9.69 Å². The lowest BCUT2D eigenvalue weighted by molar-refractivity contribution is -0.145. The van der Waals surface area contributed by atoms with Gasteiger partial charge in [-0.05, 0) is 31.9 Å². The van der Waals surface area contributed by atoms with Gasteiger partial charge in [-0.2, -0.15) is 0 Å². The third-order valence-corrected chi connectivity index (χ3v) is 3.66. The van der Waals surface area contributed by atoms with Gasteiger partial charge in [-0.1, -0.05) is 30.3 Å². The van der Waals surface area contributed by atoms with Crippen LogP contribution >= 0.6 is 0 Å². The second kappa shape index (κ2) is 5.32. The maximum atomic E-state index is 11.1. The molecule has 0 radical (unpaired) electrons. The van der Waals surface area contributed by atoms with Gasteiger partial charge in [0.15, 0.2) is 0 Å². The van der Waals surface area contributed by atoms with Crippen LogP contribution < -0.4 is 0 Å². The normalized spacial score (nSPS) is 25.7. The first-order chi connectivity index (χ1) is 8.18. The number of carboxylic acid groups (broad SMARTS) is 1. The summed E-state index contributed by atoms with van der Waals surface area (Å²) in [5, 5.41) is 9.17. The van der Waals surface area contributed by atoms with Crippen LogP contribution in [-0.4, -0.2) is 28.6 Å². The van der Waals surface area contributed by atoms with Crippen LogP contribution in [0.4, 0.5) is 0 Å². The molecule has 2 rings (SSSR count). The fraction of sp³-hybridized carbons (Fsp3) is 0.500. The highest BCUT2D eigenvalue weighted by Gasteiger charge is 2.32. The topological polar surface area (TPSA) is 40.5 Å². The number of likely N-dealkylation sites (tertiary alicyclic amines) is 1. The summed E-state index contributed by atoms with van der Waals surface area (Å²) in [6, 6.07) is 10.4. The Morgan fingerprint density at radius 2 is 2.12 bits per heavy atom. The number of piperidine rings is 1. The molecule has 1 fully saturated rings. The van der Waals surface area contributed by atoms with Gasteiger partial charge in [0.1, 0.15) is 0 Å². The summed E-state index contributed by atoms with van der Waals surface area (Å²) < 4.78 is 0. The molecule has 3 nitrogen and oxygen atoms in total. The van der Waals surface area contributed by atoms with Crippen molar-refractivity contribution in [1.82, 2.24) is 4.90 Å². The van der Waals surface area contributed by atoms with E-state index in [2.05, 4.69) is 17.0 Å². The maximum absolute atomic E-state index is 11.1. The molecule has 92 valence electrons. The molecule has 1 aliphatic rings. The molecular formula is C14H19NO2. The zero-order chi connectivity index (χ0) is 12.3. The van der Waals surface area contributed by atoms with Crippen LogP contribution in [0.5, 0.6) is 0 Å². The molecule has 17 heavy (non-hydrogen) atoms. The fourth-order valence-electron chi connectivity index (χ4n) is 2.58. The first kappa shape index (κ1) is 12.1. The molecule has 2 unspecified atom stereocenters. The van der Waals surface area contributed by atoms with Crippen molar-refractivity contribution < 1.29 is 9.90 Å². The molecule has 1 saturated heterocycles. The van der Waals surface area contributed by atoms with Gasteiger partial charge in [-0.25, -0.2) is 0 Å². The molecule has 1 heterocycles. The molecule has 2 atom stereocenters. The average Bonchev–Trinajstić information content (AvgIpc) is 2.33. The standard InChI is InChI=1S/C14H19NO2/c1-11-13(14(16)17)8-5-9-15(11)10-12-6-3-2-4-7-12/h2-4,6-7,11,13H,5,8-10H2,1H3,(H,16,17).